The Kier molecular flexibility index (Phi) is 6.05. The largest absolute Gasteiger partial charge is 0.477 e. The van der Waals surface area contributed by atoms with Crippen LogP contribution in [0.15, 0.2) is 47.0 Å². The van der Waals surface area contributed by atoms with Crippen molar-refractivity contribution in [1.82, 2.24) is 19.6 Å². The lowest BCUT2D eigenvalue weighted by atomic mass is 10.0. The number of nitrogen functional groups attached to an aromatic ring is 1. The van der Waals surface area contributed by atoms with E-state index in [1.165, 1.54) is 23.8 Å². The Bertz CT molecular complexity index is 1130. The molecule has 4 N–H and O–H groups in total. The number of nitrogens with zero attached hydrogens (tertiary/aromatic N) is 5. The molecule has 0 bridgehead atoms. The fourth-order valence-electron chi connectivity index (χ4n) is 3.38. The first-order valence-corrected chi connectivity index (χ1v) is 11.1. The summed E-state index contributed by atoms with van der Waals surface area (Å²) in [5, 5.41) is 15.6. The van der Waals surface area contributed by atoms with Gasteiger partial charge in [-0.15, -0.1) is 11.8 Å². The monoisotopic (exact) mass is 476 g/mol. The summed E-state index contributed by atoms with van der Waals surface area (Å²) in [5.41, 5.74) is 5.88. The number of amides is 2. The van der Waals surface area contributed by atoms with Crippen molar-refractivity contribution in [2.24, 2.45) is 5.16 Å². The predicted octanol–water partition coefficient (Wildman–Crippen LogP) is -0.803. The van der Waals surface area contributed by atoms with Crippen molar-refractivity contribution in [1.29, 1.82) is 0 Å². The number of hydrogen-bond acceptors (Lipinski definition) is 10. The number of anilines is 1. The van der Waals surface area contributed by atoms with Gasteiger partial charge in [-0.25, -0.2) is 9.36 Å². The normalized spacial score (nSPS) is 20.5. The molecule has 32 heavy (non-hydrogen) atoms. The number of carboxylic acid groups (broad SMARTS) is 1. The van der Waals surface area contributed by atoms with E-state index in [1.807, 2.05) is 35.2 Å². The van der Waals surface area contributed by atoms with Crippen LogP contribution >= 0.6 is 23.3 Å². The van der Waals surface area contributed by atoms with Crippen molar-refractivity contribution >= 4 is 51.9 Å². The lowest BCUT2D eigenvalue weighted by molar-refractivity contribution is -0.689. The van der Waals surface area contributed by atoms with E-state index >= 15 is 0 Å². The molecule has 2 aliphatic heterocycles. The number of rotatable bonds is 7. The number of carbonyl (C=O) groups excluding carboxylic acids is 2. The predicted molar refractivity (Wildman–Crippen MR) is 114 cm³/mol. The molecule has 0 aromatic carbocycles. The van der Waals surface area contributed by atoms with Gasteiger partial charge in [-0.1, -0.05) is 11.2 Å². The van der Waals surface area contributed by atoms with Gasteiger partial charge in [0.15, 0.2) is 24.1 Å². The van der Waals surface area contributed by atoms with Crippen LogP contribution in [0.25, 0.3) is 0 Å². The molecule has 2 atom stereocenters. The van der Waals surface area contributed by atoms with E-state index in [2.05, 4.69) is 19.8 Å². The summed E-state index contributed by atoms with van der Waals surface area (Å²) in [6.07, 6.45) is 3.64. The number of carboxylic acids is 1. The zero-order valence-corrected chi connectivity index (χ0v) is 18.3. The van der Waals surface area contributed by atoms with Crippen molar-refractivity contribution in [3.63, 3.8) is 0 Å². The maximum Gasteiger partial charge on any atom is 0.352 e. The van der Waals surface area contributed by atoms with E-state index in [1.54, 1.807) is 0 Å². The average Bonchev–Trinajstić information content (AvgIpc) is 3.21. The number of oxime groups is 1. The molecule has 14 heteroatoms. The first-order valence-electron chi connectivity index (χ1n) is 9.26. The molecule has 2 amide bonds. The number of thioether (sulfide) groups is 1. The highest BCUT2D eigenvalue weighted by Gasteiger charge is 2.54. The molecular weight excluding hydrogens is 458 g/mol. The van der Waals surface area contributed by atoms with Gasteiger partial charge in [0.2, 0.25) is 11.5 Å². The topological polar surface area (TPSA) is 164 Å². The van der Waals surface area contributed by atoms with E-state index in [0.717, 1.165) is 11.5 Å². The molecule has 1 saturated heterocycles. The molecule has 1 unspecified atom stereocenters. The number of nitrogens with two attached hydrogens (primary N) is 1. The first-order chi connectivity index (χ1) is 15.4. The van der Waals surface area contributed by atoms with Crippen LogP contribution in [0.5, 0.6) is 0 Å². The quantitative estimate of drug-likeness (QED) is 0.201. The van der Waals surface area contributed by atoms with Crippen molar-refractivity contribution in [3.8, 4) is 0 Å². The lowest BCUT2D eigenvalue weighted by Crippen LogP contribution is -2.71. The van der Waals surface area contributed by atoms with Gasteiger partial charge in [0.05, 0.1) is 0 Å². The Morgan fingerprint density at radius 1 is 1.41 bits per heavy atom. The molecule has 0 radical (unpaired) electrons. The van der Waals surface area contributed by atoms with Crippen molar-refractivity contribution in [2.45, 2.75) is 18.0 Å². The number of aromatic nitrogens is 3. The SMILES string of the molecule is CON=C(C(=O)NC1C(=O)N2C(C(=O)O)=C(C[n+]3ccccc3)CS[C@H]12)c1nsc(N)n1. The van der Waals surface area contributed by atoms with E-state index in [9.17, 15) is 19.5 Å². The Balaban J connectivity index is 1.53. The minimum absolute atomic E-state index is 0.0277. The zero-order valence-electron chi connectivity index (χ0n) is 16.7. The van der Waals surface area contributed by atoms with E-state index in [4.69, 9.17) is 10.6 Å². The third-order valence-corrected chi connectivity index (χ3v) is 6.62. The summed E-state index contributed by atoms with van der Waals surface area (Å²) in [6, 6.07) is 4.61. The van der Waals surface area contributed by atoms with Gasteiger partial charge < -0.3 is 21.0 Å². The van der Waals surface area contributed by atoms with Crippen LogP contribution in [0.2, 0.25) is 0 Å². The van der Waals surface area contributed by atoms with Gasteiger partial charge >= 0.3 is 5.97 Å². The van der Waals surface area contributed by atoms with Crippen LogP contribution in [0.3, 0.4) is 0 Å². The molecule has 0 aliphatic carbocycles. The second kappa shape index (κ2) is 8.92. The molecule has 0 spiro atoms. The highest BCUT2D eigenvalue weighted by atomic mass is 32.2. The Morgan fingerprint density at radius 3 is 2.78 bits per heavy atom. The standard InChI is InChI=1S/C18H17N7O5S2/c1-30-22-10(13-21-18(19)32-23-13)14(26)20-11-15(27)25-12(17(28)29)9(8-31-16(11)25)7-24-5-3-2-4-6-24/h2-6,11,16H,7-8H2,1H3,(H3-,19,20,21,23,26,28,29)/p+1/t11?,16-/m1/s1. The van der Waals surface area contributed by atoms with Crippen molar-refractivity contribution < 1.29 is 28.9 Å². The summed E-state index contributed by atoms with van der Waals surface area (Å²) >= 11 is 2.26. The minimum Gasteiger partial charge on any atom is -0.477 e. The summed E-state index contributed by atoms with van der Waals surface area (Å²) in [4.78, 5) is 47.4. The number of fused-ring (bicyclic) bond motifs is 1. The molecule has 4 rings (SSSR count). The van der Waals surface area contributed by atoms with E-state index in [-0.39, 0.29) is 22.4 Å². The number of β-lactam (4-membered cyclic amide) rings is 1. The molecule has 1 fully saturated rings. The van der Waals surface area contributed by atoms with Gasteiger partial charge in [-0.3, -0.25) is 14.5 Å². The van der Waals surface area contributed by atoms with Crippen LogP contribution < -0.4 is 15.6 Å². The van der Waals surface area contributed by atoms with E-state index in [0.29, 0.717) is 17.9 Å². The molecule has 2 aliphatic rings. The lowest BCUT2D eigenvalue weighted by Gasteiger charge is -2.49. The second-order valence-corrected chi connectivity index (χ2v) is 8.63. The minimum atomic E-state index is -1.19. The summed E-state index contributed by atoms with van der Waals surface area (Å²) < 4.78 is 5.77. The molecule has 0 saturated carbocycles. The molecule has 12 nitrogen and oxygen atoms in total. The van der Waals surface area contributed by atoms with Crippen LogP contribution in [0.1, 0.15) is 5.82 Å². The summed E-state index contributed by atoms with van der Waals surface area (Å²) in [5.74, 6) is -2.07. The maximum absolute atomic E-state index is 12.8. The molecule has 166 valence electrons. The van der Waals surface area contributed by atoms with Crippen molar-refractivity contribution in [3.05, 3.63) is 47.7 Å². The molecule has 4 heterocycles. The Hall–Kier alpha value is -3.52. The fraction of sp³-hybridized carbons (Fsp3) is 0.278. The molecule has 2 aromatic rings. The molecule has 2 aromatic heterocycles. The fourth-order valence-corrected chi connectivity index (χ4v) is 5.15. The number of hydrogen-bond donors (Lipinski definition) is 3. The zero-order chi connectivity index (χ0) is 22.8. The Morgan fingerprint density at radius 2 is 2.16 bits per heavy atom. The van der Waals surface area contributed by atoms with Gasteiger partial charge in [0.25, 0.3) is 11.8 Å². The third-order valence-electron chi connectivity index (χ3n) is 4.74. The third kappa shape index (κ3) is 4.01. The highest BCUT2D eigenvalue weighted by Crippen LogP contribution is 2.40. The van der Waals surface area contributed by atoms with Crippen molar-refractivity contribution in [2.75, 3.05) is 18.6 Å². The highest BCUT2D eigenvalue weighted by molar-refractivity contribution is 8.00. The van der Waals surface area contributed by atoms with Crippen LogP contribution in [0, 0.1) is 0 Å². The van der Waals surface area contributed by atoms with Crippen LogP contribution in [0.4, 0.5) is 5.13 Å². The number of pyridine rings is 1. The maximum atomic E-state index is 12.8. The Labute approximate surface area is 189 Å². The number of aliphatic carboxylic acids is 1. The first kappa shape index (κ1) is 21.7. The summed E-state index contributed by atoms with van der Waals surface area (Å²) in [7, 11) is 1.26. The van der Waals surface area contributed by atoms with Crippen LogP contribution in [-0.4, -0.2) is 67.1 Å². The number of nitrogens with one attached hydrogen (secondary N) is 1. The van der Waals surface area contributed by atoms with Gasteiger partial charge in [-0.05, 0) is 0 Å². The van der Waals surface area contributed by atoms with Gasteiger partial charge in [0.1, 0.15) is 24.2 Å². The average molecular weight is 477 g/mol. The van der Waals surface area contributed by atoms with E-state index < -0.39 is 29.2 Å². The molecular formula is C18H18N7O5S2+. The second-order valence-electron chi connectivity index (χ2n) is 6.74. The van der Waals surface area contributed by atoms with Gasteiger partial charge in [-0.2, -0.15) is 9.36 Å². The van der Waals surface area contributed by atoms with Gasteiger partial charge in [0, 0.05) is 35.0 Å². The summed E-state index contributed by atoms with van der Waals surface area (Å²) in [6.45, 7) is 0.338. The smallest absolute Gasteiger partial charge is 0.352 e. The number of carbonyl (C=O) groups is 3. The van der Waals surface area contributed by atoms with Crippen LogP contribution in [-0.2, 0) is 25.8 Å².